The highest BCUT2D eigenvalue weighted by Gasteiger charge is 2.28. The highest BCUT2D eigenvalue weighted by atomic mass is 32.2. The van der Waals surface area contributed by atoms with E-state index in [1.54, 1.807) is 0 Å². The van der Waals surface area contributed by atoms with Gasteiger partial charge < -0.3 is 9.64 Å². The van der Waals surface area contributed by atoms with Crippen LogP contribution in [0.3, 0.4) is 0 Å². The van der Waals surface area contributed by atoms with Crippen LogP contribution < -0.4 is 9.46 Å². The van der Waals surface area contributed by atoms with Crippen molar-refractivity contribution in [3.05, 3.63) is 18.2 Å². The van der Waals surface area contributed by atoms with Gasteiger partial charge in [-0.15, -0.1) is 0 Å². The van der Waals surface area contributed by atoms with E-state index in [2.05, 4.69) is 4.72 Å². The van der Waals surface area contributed by atoms with Gasteiger partial charge in [-0.1, -0.05) is 0 Å². The minimum absolute atomic E-state index is 0.0200. The lowest BCUT2D eigenvalue weighted by molar-refractivity contribution is -0.130. The molecule has 0 atom stereocenters. The first-order valence-corrected chi connectivity index (χ1v) is 11.5. The van der Waals surface area contributed by atoms with Crippen molar-refractivity contribution in [3.63, 3.8) is 0 Å². The molecule has 0 bridgehead atoms. The number of carbonyl (C=O) groups excluding carboxylic acids is 1. The van der Waals surface area contributed by atoms with Crippen LogP contribution in [0.1, 0.15) is 20.8 Å². The van der Waals surface area contributed by atoms with Crippen LogP contribution in [0.15, 0.2) is 23.1 Å². The average Bonchev–Trinajstić information content (AvgIpc) is 2.62. The first-order valence-electron chi connectivity index (χ1n) is 8.45. The minimum Gasteiger partial charge on any atom is -0.495 e. The summed E-state index contributed by atoms with van der Waals surface area (Å²) in [6.45, 7) is 5.78. The Balaban J connectivity index is 3.17. The molecule has 9 nitrogen and oxygen atoms in total. The van der Waals surface area contributed by atoms with Crippen molar-refractivity contribution in [3.8, 4) is 5.75 Å². The predicted molar refractivity (Wildman–Crippen MR) is 104 cm³/mol. The molecule has 1 amide bonds. The van der Waals surface area contributed by atoms with Crippen LogP contribution >= 0.6 is 0 Å². The summed E-state index contributed by atoms with van der Waals surface area (Å²) in [6.07, 6.45) is 0. The van der Waals surface area contributed by atoms with Crippen LogP contribution in [-0.2, 0) is 24.8 Å². The fraction of sp³-hybridized carbons (Fsp3) is 0.562. The van der Waals surface area contributed by atoms with E-state index in [-0.39, 0.29) is 34.5 Å². The van der Waals surface area contributed by atoms with Gasteiger partial charge >= 0.3 is 0 Å². The monoisotopic (exact) mass is 421 g/mol. The summed E-state index contributed by atoms with van der Waals surface area (Å²) in [5, 5.41) is 0. The van der Waals surface area contributed by atoms with E-state index in [0.717, 1.165) is 4.31 Å². The van der Waals surface area contributed by atoms with Crippen molar-refractivity contribution in [2.75, 3.05) is 44.3 Å². The molecule has 0 saturated carbocycles. The number of methoxy groups -OCH3 is 1. The second-order valence-corrected chi connectivity index (χ2v) is 9.72. The average molecular weight is 422 g/mol. The molecule has 1 N–H and O–H groups in total. The smallest absolute Gasteiger partial charge is 0.246 e. The summed E-state index contributed by atoms with van der Waals surface area (Å²) in [6, 6.07) is 3.88. The van der Waals surface area contributed by atoms with E-state index in [9.17, 15) is 21.6 Å². The molecular weight excluding hydrogens is 394 g/mol. The first-order chi connectivity index (χ1) is 12.5. The number of benzene rings is 1. The molecule has 1 rings (SSSR count). The molecule has 11 heteroatoms. The topological polar surface area (TPSA) is 113 Å². The predicted octanol–water partition coefficient (Wildman–Crippen LogP) is 0.946. The number of nitrogens with zero attached hydrogens (tertiary/aromatic N) is 2. The third kappa shape index (κ3) is 5.81. The lowest BCUT2D eigenvalue weighted by atomic mass is 10.3. The molecule has 0 spiro atoms. The van der Waals surface area contributed by atoms with Gasteiger partial charge in [0.1, 0.15) is 10.6 Å². The van der Waals surface area contributed by atoms with E-state index >= 15 is 0 Å². The number of carbonyl (C=O) groups is 1. The minimum atomic E-state index is -4.01. The van der Waals surface area contributed by atoms with Gasteiger partial charge in [0.05, 0.1) is 25.1 Å². The largest absolute Gasteiger partial charge is 0.495 e. The summed E-state index contributed by atoms with van der Waals surface area (Å²) in [4.78, 5) is 13.6. The van der Waals surface area contributed by atoms with Gasteiger partial charge in [0.2, 0.25) is 26.0 Å². The second-order valence-electron chi connectivity index (χ2n) is 5.70. The highest BCUT2D eigenvalue weighted by Crippen LogP contribution is 2.29. The fourth-order valence-electron chi connectivity index (χ4n) is 2.32. The van der Waals surface area contributed by atoms with E-state index < -0.39 is 20.0 Å². The zero-order valence-corrected chi connectivity index (χ0v) is 17.9. The molecule has 0 unspecified atom stereocenters. The van der Waals surface area contributed by atoms with Gasteiger partial charge in [0.25, 0.3) is 0 Å². The SMILES string of the molecule is CCN(CC)C(=O)CN(C)S(=O)(=O)c1ccc(NS(=O)(=O)CC)cc1OC. The van der Waals surface area contributed by atoms with Crippen LogP contribution in [0.2, 0.25) is 0 Å². The van der Waals surface area contributed by atoms with Crippen molar-refractivity contribution < 1.29 is 26.4 Å². The van der Waals surface area contributed by atoms with E-state index in [1.807, 2.05) is 13.8 Å². The summed E-state index contributed by atoms with van der Waals surface area (Å²) in [5.41, 5.74) is 0.189. The molecule has 0 aromatic heterocycles. The molecule has 0 heterocycles. The Morgan fingerprint density at radius 2 is 1.70 bits per heavy atom. The van der Waals surface area contributed by atoms with Gasteiger partial charge in [0.15, 0.2) is 0 Å². The summed E-state index contributed by atoms with van der Waals surface area (Å²) >= 11 is 0. The quantitative estimate of drug-likeness (QED) is 0.602. The Labute approximate surface area is 161 Å². The summed E-state index contributed by atoms with van der Waals surface area (Å²) < 4.78 is 57.4. The van der Waals surface area contributed by atoms with Crippen LogP contribution in [0.4, 0.5) is 5.69 Å². The number of anilines is 1. The molecule has 154 valence electrons. The highest BCUT2D eigenvalue weighted by molar-refractivity contribution is 7.92. The van der Waals surface area contributed by atoms with Crippen LogP contribution in [-0.4, -0.2) is 71.5 Å². The Morgan fingerprint density at radius 1 is 1.11 bits per heavy atom. The maximum Gasteiger partial charge on any atom is 0.246 e. The Morgan fingerprint density at radius 3 is 2.19 bits per heavy atom. The van der Waals surface area contributed by atoms with E-state index in [1.165, 1.54) is 44.2 Å². The number of hydrogen-bond acceptors (Lipinski definition) is 6. The normalized spacial score (nSPS) is 12.1. The second kappa shape index (κ2) is 9.38. The van der Waals surface area contributed by atoms with Crippen molar-refractivity contribution in [1.29, 1.82) is 0 Å². The first kappa shape index (κ1) is 23.2. The van der Waals surface area contributed by atoms with Gasteiger partial charge in [-0.2, -0.15) is 4.31 Å². The molecule has 0 aliphatic carbocycles. The standard InChI is InChI=1S/C16H27N3O6S2/c1-6-19(7-2)16(20)12-18(4)27(23,24)15-10-9-13(11-14(15)25-5)17-26(21,22)8-3/h9-11,17H,6-8,12H2,1-5H3. The number of likely N-dealkylation sites (N-methyl/N-ethyl adjacent to an activating group) is 2. The lowest BCUT2D eigenvalue weighted by Gasteiger charge is -2.23. The number of ether oxygens (including phenoxy) is 1. The van der Waals surface area contributed by atoms with Gasteiger partial charge in [-0.3, -0.25) is 9.52 Å². The lowest BCUT2D eigenvalue weighted by Crippen LogP contribution is -2.41. The summed E-state index contributed by atoms with van der Waals surface area (Å²) in [7, 11) is -4.92. The zero-order valence-electron chi connectivity index (χ0n) is 16.2. The molecule has 27 heavy (non-hydrogen) atoms. The Hall–Kier alpha value is -1.85. The molecule has 0 aliphatic heterocycles. The number of hydrogen-bond donors (Lipinski definition) is 1. The maximum absolute atomic E-state index is 12.8. The van der Waals surface area contributed by atoms with Crippen LogP contribution in [0.5, 0.6) is 5.75 Å². The van der Waals surface area contributed by atoms with E-state index in [0.29, 0.717) is 13.1 Å². The van der Waals surface area contributed by atoms with Crippen LogP contribution in [0.25, 0.3) is 0 Å². The Kier molecular flexibility index (Phi) is 8.05. The molecule has 0 radical (unpaired) electrons. The van der Waals surface area contributed by atoms with Crippen molar-refractivity contribution >= 4 is 31.6 Å². The third-order valence-electron chi connectivity index (χ3n) is 3.98. The molecule has 1 aromatic rings. The number of amides is 1. The number of rotatable bonds is 10. The van der Waals surface area contributed by atoms with Crippen LogP contribution in [0, 0.1) is 0 Å². The summed E-state index contributed by atoms with van der Waals surface area (Å²) in [5.74, 6) is -0.447. The third-order valence-corrected chi connectivity index (χ3v) is 7.13. The van der Waals surface area contributed by atoms with Crippen molar-refractivity contribution in [2.24, 2.45) is 0 Å². The number of sulfonamides is 2. The Bertz CT molecular complexity index is 864. The van der Waals surface area contributed by atoms with Crippen molar-refractivity contribution in [1.82, 2.24) is 9.21 Å². The molecule has 0 saturated heterocycles. The molecular formula is C16H27N3O6S2. The fourth-order valence-corrected chi connectivity index (χ4v) is 4.20. The van der Waals surface area contributed by atoms with E-state index in [4.69, 9.17) is 4.74 Å². The molecule has 0 aliphatic rings. The maximum atomic E-state index is 12.8. The molecule has 1 aromatic carbocycles. The van der Waals surface area contributed by atoms with Gasteiger partial charge in [0, 0.05) is 26.2 Å². The van der Waals surface area contributed by atoms with Gasteiger partial charge in [-0.25, -0.2) is 16.8 Å². The zero-order chi connectivity index (χ0) is 20.8. The van der Waals surface area contributed by atoms with Gasteiger partial charge in [-0.05, 0) is 32.9 Å². The number of nitrogens with one attached hydrogen (secondary N) is 1. The van der Waals surface area contributed by atoms with Crippen molar-refractivity contribution in [2.45, 2.75) is 25.7 Å². The molecule has 0 fully saturated rings.